The van der Waals surface area contributed by atoms with E-state index in [1.54, 1.807) is 14.2 Å². The molecule has 0 aliphatic carbocycles. The average Bonchev–Trinajstić information content (AvgIpc) is 2.22. The molecule has 0 heterocycles. The molecule has 1 aromatic rings. The van der Waals surface area contributed by atoms with E-state index in [2.05, 4.69) is 5.48 Å². The van der Waals surface area contributed by atoms with Crippen LogP contribution in [-0.2, 0) is 11.4 Å². The number of hydroxylamine groups is 1. The summed E-state index contributed by atoms with van der Waals surface area (Å²) in [5.41, 5.74) is 5.92. The lowest BCUT2D eigenvalue weighted by Gasteiger charge is -2.14. The number of nitrogens with one attached hydrogen (secondary N) is 1. The van der Waals surface area contributed by atoms with Gasteiger partial charge in [0, 0.05) is 17.1 Å². The maximum Gasteiger partial charge on any atom is 0.126 e. The van der Waals surface area contributed by atoms with Gasteiger partial charge in [-0.1, -0.05) is 11.6 Å². The van der Waals surface area contributed by atoms with E-state index in [4.69, 9.17) is 21.2 Å². The summed E-state index contributed by atoms with van der Waals surface area (Å²) in [4.78, 5) is 4.81. The summed E-state index contributed by atoms with van der Waals surface area (Å²) in [6, 6.07) is 1.93. The molecule has 0 aliphatic heterocycles. The first-order valence-corrected chi connectivity index (χ1v) is 5.08. The van der Waals surface area contributed by atoms with Gasteiger partial charge in [-0.05, 0) is 31.0 Å². The van der Waals surface area contributed by atoms with Gasteiger partial charge in [-0.25, -0.2) is 0 Å². The zero-order valence-corrected chi connectivity index (χ0v) is 10.2. The molecule has 0 saturated heterocycles. The van der Waals surface area contributed by atoms with Gasteiger partial charge >= 0.3 is 0 Å². The fourth-order valence-corrected chi connectivity index (χ4v) is 1.76. The molecule has 0 atom stereocenters. The van der Waals surface area contributed by atoms with Gasteiger partial charge in [0.2, 0.25) is 0 Å². The number of benzene rings is 1. The molecule has 0 unspecified atom stereocenters. The Balaban J connectivity index is 3.12. The molecule has 0 aliphatic rings. The zero-order valence-electron chi connectivity index (χ0n) is 9.48. The highest BCUT2D eigenvalue weighted by Crippen LogP contribution is 2.32. The Morgan fingerprint density at radius 1 is 1.27 bits per heavy atom. The van der Waals surface area contributed by atoms with Gasteiger partial charge in [0.15, 0.2) is 0 Å². The maximum atomic E-state index is 6.10. The Morgan fingerprint density at radius 2 is 1.93 bits per heavy atom. The number of rotatable bonds is 4. The maximum absolute atomic E-state index is 6.10. The molecule has 0 saturated carbocycles. The van der Waals surface area contributed by atoms with Crippen LogP contribution in [0.25, 0.3) is 0 Å². The first-order chi connectivity index (χ1) is 7.11. The van der Waals surface area contributed by atoms with E-state index in [0.29, 0.717) is 11.6 Å². The van der Waals surface area contributed by atoms with Gasteiger partial charge in [-0.2, -0.15) is 5.48 Å². The summed E-state index contributed by atoms with van der Waals surface area (Å²) in [6.07, 6.45) is 0. The van der Waals surface area contributed by atoms with Crippen LogP contribution in [0, 0.1) is 13.8 Å². The molecule has 3 nitrogen and oxygen atoms in total. The number of ether oxygens (including phenoxy) is 1. The van der Waals surface area contributed by atoms with Gasteiger partial charge in [0.1, 0.15) is 5.75 Å². The van der Waals surface area contributed by atoms with Gasteiger partial charge < -0.3 is 9.57 Å². The molecule has 1 aromatic carbocycles. The van der Waals surface area contributed by atoms with Crippen molar-refractivity contribution < 1.29 is 9.57 Å². The van der Waals surface area contributed by atoms with E-state index in [1.165, 1.54) is 0 Å². The van der Waals surface area contributed by atoms with E-state index in [1.807, 2.05) is 19.9 Å². The highest BCUT2D eigenvalue weighted by molar-refractivity contribution is 6.31. The third kappa shape index (κ3) is 2.62. The molecule has 1 N–H and O–H groups in total. The predicted octanol–water partition coefficient (Wildman–Crippen LogP) is 2.62. The van der Waals surface area contributed by atoms with E-state index >= 15 is 0 Å². The van der Waals surface area contributed by atoms with Crippen molar-refractivity contribution in [2.45, 2.75) is 20.4 Å². The zero-order chi connectivity index (χ0) is 11.4. The highest BCUT2D eigenvalue weighted by Gasteiger charge is 2.11. The topological polar surface area (TPSA) is 30.5 Å². The average molecular weight is 230 g/mol. The molecule has 0 amide bonds. The van der Waals surface area contributed by atoms with E-state index in [0.717, 1.165) is 22.4 Å². The summed E-state index contributed by atoms with van der Waals surface area (Å²) in [7, 11) is 3.24. The molecular formula is C11H16ClNO2. The second-order valence-corrected chi connectivity index (χ2v) is 3.73. The van der Waals surface area contributed by atoms with Crippen LogP contribution in [0.5, 0.6) is 5.75 Å². The smallest absolute Gasteiger partial charge is 0.126 e. The summed E-state index contributed by atoms with van der Waals surface area (Å²) in [5.74, 6) is 0.843. The molecule has 0 bridgehead atoms. The Morgan fingerprint density at radius 3 is 2.47 bits per heavy atom. The fourth-order valence-electron chi connectivity index (χ4n) is 1.54. The predicted molar refractivity (Wildman–Crippen MR) is 61.3 cm³/mol. The number of hydrogen-bond donors (Lipinski definition) is 1. The summed E-state index contributed by atoms with van der Waals surface area (Å²) >= 11 is 6.10. The van der Waals surface area contributed by atoms with E-state index in [9.17, 15) is 0 Å². The SMILES string of the molecule is CONCc1cc(Cl)c(C)c(OC)c1C. The molecular weight excluding hydrogens is 214 g/mol. The standard InChI is InChI=1S/C11H16ClNO2/c1-7-9(6-13-15-4)5-10(12)8(2)11(7)14-3/h5,13H,6H2,1-4H3. The molecule has 84 valence electrons. The minimum atomic E-state index is 0.610. The van der Waals surface area contributed by atoms with Crippen LogP contribution in [0.2, 0.25) is 5.02 Å². The second kappa shape index (κ2) is 5.35. The van der Waals surface area contributed by atoms with Crippen LogP contribution in [0.15, 0.2) is 6.07 Å². The summed E-state index contributed by atoms with van der Waals surface area (Å²) in [6.45, 7) is 4.56. The quantitative estimate of drug-likeness (QED) is 0.806. The second-order valence-electron chi connectivity index (χ2n) is 3.33. The number of halogens is 1. The molecule has 15 heavy (non-hydrogen) atoms. The highest BCUT2D eigenvalue weighted by atomic mass is 35.5. The van der Waals surface area contributed by atoms with Gasteiger partial charge in [-0.15, -0.1) is 0 Å². The third-order valence-corrected chi connectivity index (χ3v) is 2.83. The Bertz CT molecular complexity index is 353. The van der Waals surface area contributed by atoms with Crippen molar-refractivity contribution in [1.82, 2.24) is 5.48 Å². The molecule has 0 radical (unpaired) electrons. The Labute approximate surface area is 95.3 Å². The van der Waals surface area contributed by atoms with Crippen molar-refractivity contribution in [3.8, 4) is 5.75 Å². The minimum absolute atomic E-state index is 0.610. The van der Waals surface area contributed by atoms with Crippen molar-refractivity contribution in [2.24, 2.45) is 0 Å². The van der Waals surface area contributed by atoms with Crippen LogP contribution in [0.1, 0.15) is 16.7 Å². The lowest BCUT2D eigenvalue weighted by atomic mass is 10.0. The lowest BCUT2D eigenvalue weighted by Crippen LogP contribution is -2.12. The fraction of sp³-hybridized carbons (Fsp3) is 0.455. The monoisotopic (exact) mass is 229 g/mol. The lowest BCUT2D eigenvalue weighted by molar-refractivity contribution is 0.0865. The minimum Gasteiger partial charge on any atom is -0.496 e. The molecule has 0 fully saturated rings. The van der Waals surface area contributed by atoms with Crippen LogP contribution in [-0.4, -0.2) is 14.2 Å². The Hall–Kier alpha value is -0.770. The molecule has 4 heteroatoms. The summed E-state index contributed by atoms with van der Waals surface area (Å²) < 4.78 is 5.32. The first-order valence-electron chi connectivity index (χ1n) is 4.70. The molecule has 0 aromatic heterocycles. The van der Waals surface area contributed by atoms with Crippen LogP contribution in [0.4, 0.5) is 0 Å². The van der Waals surface area contributed by atoms with Crippen molar-refractivity contribution >= 4 is 11.6 Å². The Kier molecular flexibility index (Phi) is 4.39. The van der Waals surface area contributed by atoms with Gasteiger partial charge in [0.25, 0.3) is 0 Å². The normalized spacial score (nSPS) is 10.5. The largest absolute Gasteiger partial charge is 0.496 e. The van der Waals surface area contributed by atoms with Crippen molar-refractivity contribution in [2.75, 3.05) is 14.2 Å². The first kappa shape index (κ1) is 12.3. The van der Waals surface area contributed by atoms with Crippen LogP contribution < -0.4 is 10.2 Å². The van der Waals surface area contributed by atoms with E-state index in [-0.39, 0.29) is 0 Å². The van der Waals surface area contributed by atoms with E-state index < -0.39 is 0 Å². The third-order valence-electron chi connectivity index (χ3n) is 2.43. The van der Waals surface area contributed by atoms with Crippen LogP contribution in [0.3, 0.4) is 0 Å². The van der Waals surface area contributed by atoms with Crippen LogP contribution >= 0.6 is 11.6 Å². The van der Waals surface area contributed by atoms with Crippen molar-refractivity contribution in [3.05, 3.63) is 27.8 Å². The van der Waals surface area contributed by atoms with Gasteiger partial charge in [-0.3, -0.25) is 0 Å². The number of hydrogen-bond acceptors (Lipinski definition) is 3. The molecule has 0 spiro atoms. The molecule has 1 rings (SSSR count). The van der Waals surface area contributed by atoms with Crippen molar-refractivity contribution in [3.63, 3.8) is 0 Å². The number of methoxy groups -OCH3 is 1. The van der Waals surface area contributed by atoms with Gasteiger partial charge in [0.05, 0.1) is 14.2 Å². The summed E-state index contributed by atoms with van der Waals surface area (Å²) in [5, 5.41) is 0.713. The van der Waals surface area contributed by atoms with Crippen molar-refractivity contribution in [1.29, 1.82) is 0 Å².